The van der Waals surface area contributed by atoms with E-state index in [0.717, 1.165) is 6.42 Å². The molecule has 0 radical (unpaired) electrons. The van der Waals surface area contributed by atoms with E-state index < -0.39 is 0 Å². The fraction of sp³-hybridized carbons (Fsp3) is 0.700. The zero-order valence-electron chi connectivity index (χ0n) is 8.25. The van der Waals surface area contributed by atoms with Crippen molar-refractivity contribution in [3.63, 3.8) is 0 Å². The van der Waals surface area contributed by atoms with Crippen molar-refractivity contribution in [1.29, 1.82) is 0 Å². The van der Waals surface area contributed by atoms with Crippen molar-refractivity contribution >= 4 is 0 Å². The number of aryl methyl sites for hydroxylation is 1. The van der Waals surface area contributed by atoms with Crippen molar-refractivity contribution < 1.29 is 0 Å². The first-order valence-electron chi connectivity index (χ1n) is 4.98. The van der Waals surface area contributed by atoms with Crippen molar-refractivity contribution in [1.82, 2.24) is 10.2 Å². The summed E-state index contributed by atoms with van der Waals surface area (Å²) in [6, 6.07) is 0.228. The van der Waals surface area contributed by atoms with Crippen LogP contribution in [-0.4, -0.2) is 16.2 Å². The predicted octanol–water partition coefficient (Wildman–Crippen LogP) is 1.42. The Bertz CT molecular complexity index is 290. The molecule has 13 heavy (non-hydrogen) atoms. The number of fused-ring (bicyclic) bond motifs is 1. The molecule has 3 N–H and O–H groups in total. The smallest absolute Gasteiger partial charge is 0.0525 e. The summed E-state index contributed by atoms with van der Waals surface area (Å²) in [7, 11) is 0. The minimum atomic E-state index is 0.228. The van der Waals surface area contributed by atoms with Gasteiger partial charge in [0.15, 0.2) is 0 Å². The van der Waals surface area contributed by atoms with Crippen molar-refractivity contribution in [3.05, 3.63) is 17.5 Å². The lowest BCUT2D eigenvalue weighted by molar-refractivity contribution is 0.361. The highest BCUT2D eigenvalue weighted by molar-refractivity contribution is 5.26. The van der Waals surface area contributed by atoms with Gasteiger partial charge in [0.1, 0.15) is 0 Å². The van der Waals surface area contributed by atoms with Crippen LogP contribution in [0.25, 0.3) is 0 Å². The zero-order chi connectivity index (χ0) is 9.42. The molecule has 0 aliphatic heterocycles. The maximum atomic E-state index is 5.99. The average molecular weight is 179 g/mol. The summed E-state index contributed by atoms with van der Waals surface area (Å²) < 4.78 is 0. The van der Waals surface area contributed by atoms with Crippen molar-refractivity contribution in [2.45, 2.75) is 38.6 Å². The van der Waals surface area contributed by atoms with Gasteiger partial charge < -0.3 is 5.73 Å². The third-order valence-corrected chi connectivity index (χ3v) is 3.14. The highest BCUT2D eigenvalue weighted by Crippen LogP contribution is 2.36. The van der Waals surface area contributed by atoms with Crippen LogP contribution in [0.5, 0.6) is 0 Å². The molecule has 0 saturated heterocycles. The molecule has 1 heterocycles. The van der Waals surface area contributed by atoms with E-state index >= 15 is 0 Å². The molecule has 1 aliphatic rings. The fourth-order valence-electron chi connectivity index (χ4n) is 2.47. The molecule has 0 saturated carbocycles. The van der Waals surface area contributed by atoms with Gasteiger partial charge in [-0.2, -0.15) is 5.10 Å². The van der Waals surface area contributed by atoms with Gasteiger partial charge in [-0.25, -0.2) is 0 Å². The highest BCUT2D eigenvalue weighted by Gasteiger charge is 2.30. The lowest BCUT2D eigenvalue weighted by atomic mass is 9.75. The third-order valence-electron chi connectivity index (χ3n) is 3.14. The summed E-state index contributed by atoms with van der Waals surface area (Å²) in [5, 5.41) is 7.15. The van der Waals surface area contributed by atoms with Gasteiger partial charge in [-0.3, -0.25) is 5.10 Å². The van der Waals surface area contributed by atoms with Gasteiger partial charge in [0.25, 0.3) is 0 Å². The van der Waals surface area contributed by atoms with Crippen molar-refractivity contribution in [2.24, 2.45) is 11.7 Å². The standard InChI is InChI=1S/C10H17N3/c1-6-3-4-9-8(5-12-13-9)10(6)7(2)11/h5-7,10H,3-4,11H2,1-2H3,(H,12,13). The summed E-state index contributed by atoms with van der Waals surface area (Å²) in [5.41, 5.74) is 8.62. The number of nitrogens with one attached hydrogen (secondary N) is 1. The number of aromatic amines is 1. The number of aromatic nitrogens is 2. The Labute approximate surface area is 78.7 Å². The first kappa shape index (κ1) is 8.75. The van der Waals surface area contributed by atoms with Gasteiger partial charge in [0.05, 0.1) is 6.20 Å². The molecule has 0 spiro atoms. The zero-order valence-corrected chi connectivity index (χ0v) is 8.25. The highest BCUT2D eigenvalue weighted by atomic mass is 15.1. The second-order valence-electron chi connectivity index (χ2n) is 4.20. The van der Waals surface area contributed by atoms with Crippen LogP contribution in [0.15, 0.2) is 6.20 Å². The van der Waals surface area contributed by atoms with Crippen LogP contribution in [0.3, 0.4) is 0 Å². The predicted molar refractivity (Wildman–Crippen MR) is 52.5 cm³/mol. The molecule has 3 atom stereocenters. The van der Waals surface area contributed by atoms with Crippen LogP contribution in [0, 0.1) is 5.92 Å². The Balaban J connectivity index is 2.36. The van der Waals surface area contributed by atoms with Gasteiger partial charge in [-0.05, 0) is 31.2 Å². The van der Waals surface area contributed by atoms with Crippen LogP contribution in [0.4, 0.5) is 0 Å². The van der Waals surface area contributed by atoms with E-state index in [9.17, 15) is 0 Å². The Hall–Kier alpha value is -0.830. The van der Waals surface area contributed by atoms with E-state index in [1.807, 2.05) is 6.20 Å². The molecule has 3 heteroatoms. The maximum Gasteiger partial charge on any atom is 0.0525 e. The first-order chi connectivity index (χ1) is 6.20. The normalized spacial score (nSPS) is 29.8. The Kier molecular flexibility index (Phi) is 2.12. The van der Waals surface area contributed by atoms with E-state index in [4.69, 9.17) is 5.73 Å². The number of nitrogens with zero attached hydrogens (tertiary/aromatic N) is 1. The SMILES string of the molecule is CC(N)C1c2cn[nH]c2CCC1C. The molecule has 0 bridgehead atoms. The minimum Gasteiger partial charge on any atom is -0.327 e. The summed E-state index contributed by atoms with van der Waals surface area (Å²) in [6.45, 7) is 4.37. The van der Waals surface area contributed by atoms with Gasteiger partial charge in [-0.1, -0.05) is 6.92 Å². The molecule has 0 aromatic carbocycles. The monoisotopic (exact) mass is 179 g/mol. The molecule has 72 valence electrons. The van der Waals surface area contributed by atoms with Crippen LogP contribution in [0.2, 0.25) is 0 Å². The topological polar surface area (TPSA) is 54.7 Å². The average Bonchev–Trinajstić information content (AvgIpc) is 2.50. The minimum absolute atomic E-state index is 0.228. The molecule has 1 aromatic rings. The summed E-state index contributed by atoms with van der Waals surface area (Å²) in [4.78, 5) is 0. The van der Waals surface area contributed by atoms with Crippen molar-refractivity contribution in [3.8, 4) is 0 Å². The molecular formula is C10H17N3. The second kappa shape index (κ2) is 3.14. The summed E-state index contributed by atoms with van der Waals surface area (Å²) >= 11 is 0. The van der Waals surface area contributed by atoms with Crippen molar-refractivity contribution in [2.75, 3.05) is 0 Å². The molecule has 1 aromatic heterocycles. The maximum absolute atomic E-state index is 5.99. The summed E-state index contributed by atoms with van der Waals surface area (Å²) in [5.74, 6) is 1.17. The largest absolute Gasteiger partial charge is 0.327 e. The van der Waals surface area contributed by atoms with E-state index in [0.29, 0.717) is 11.8 Å². The Morgan fingerprint density at radius 1 is 1.69 bits per heavy atom. The number of hydrogen-bond acceptors (Lipinski definition) is 2. The summed E-state index contributed by atoms with van der Waals surface area (Å²) in [6.07, 6.45) is 4.29. The molecule has 0 fully saturated rings. The van der Waals surface area contributed by atoms with Gasteiger partial charge in [-0.15, -0.1) is 0 Å². The van der Waals surface area contributed by atoms with Crippen LogP contribution >= 0.6 is 0 Å². The molecule has 1 aliphatic carbocycles. The van der Waals surface area contributed by atoms with Crippen LogP contribution < -0.4 is 5.73 Å². The fourth-order valence-corrected chi connectivity index (χ4v) is 2.47. The lowest BCUT2D eigenvalue weighted by Crippen LogP contribution is -2.32. The number of hydrogen-bond donors (Lipinski definition) is 2. The number of H-pyrrole nitrogens is 1. The second-order valence-corrected chi connectivity index (χ2v) is 4.20. The van der Waals surface area contributed by atoms with E-state index in [2.05, 4.69) is 24.0 Å². The van der Waals surface area contributed by atoms with Crippen LogP contribution in [0.1, 0.15) is 37.4 Å². The first-order valence-corrected chi connectivity index (χ1v) is 4.98. The molecule has 3 unspecified atom stereocenters. The van der Waals surface area contributed by atoms with E-state index in [-0.39, 0.29) is 6.04 Å². The van der Waals surface area contributed by atoms with E-state index in [1.165, 1.54) is 17.7 Å². The quantitative estimate of drug-likeness (QED) is 0.685. The van der Waals surface area contributed by atoms with Gasteiger partial charge in [0, 0.05) is 17.7 Å². The molecule has 2 rings (SSSR count). The molecule has 3 nitrogen and oxygen atoms in total. The molecular weight excluding hydrogens is 162 g/mol. The number of nitrogens with two attached hydrogens (primary N) is 1. The number of rotatable bonds is 1. The van der Waals surface area contributed by atoms with Crippen LogP contribution in [-0.2, 0) is 6.42 Å². The van der Waals surface area contributed by atoms with Gasteiger partial charge >= 0.3 is 0 Å². The third kappa shape index (κ3) is 1.37. The Morgan fingerprint density at radius 2 is 2.46 bits per heavy atom. The lowest BCUT2D eigenvalue weighted by Gasteiger charge is -2.31. The Morgan fingerprint density at radius 3 is 3.15 bits per heavy atom. The van der Waals surface area contributed by atoms with Gasteiger partial charge in [0.2, 0.25) is 0 Å². The molecule has 0 amide bonds. The van der Waals surface area contributed by atoms with E-state index in [1.54, 1.807) is 0 Å².